The summed E-state index contributed by atoms with van der Waals surface area (Å²) in [5.74, 6) is 0.450. The highest BCUT2D eigenvalue weighted by Gasteiger charge is 2.39. The number of hydrogen-bond acceptors (Lipinski definition) is 6. The summed E-state index contributed by atoms with van der Waals surface area (Å²) in [6.45, 7) is 2.02. The number of nitrogens with one attached hydrogen (secondary N) is 3. The second-order valence-corrected chi connectivity index (χ2v) is 6.94. The molecule has 2 atom stereocenters. The Kier molecular flexibility index (Phi) is 5.17. The van der Waals surface area contributed by atoms with Gasteiger partial charge in [0.05, 0.1) is 5.56 Å². The number of rotatable bonds is 7. The number of anilines is 2. The van der Waals surface area contributed by atoms with Gasteiger partial charge in [0.1, 0.15) is 11.6 Å². The van der Waals surface area contributed by atoms with Crippen LogP contribution in [-0.4, -0.2) is 35.0 Å². The molecule has 0 amide bonds. The average Bonchev–Trinajstić information content (AvgIpc) is 3.36. The Labute approximate surface area is 149 Å². The summed E-state index contributed by atoms with van der Waals surface area (Å²) in [6, 6.07) is 4.08. The third-order valence-electron chi connectivity index (χ3n) is 4.06. The Hall–Kier alpha value is -2.22. The Morgan fingerprint density at radius 1 is 1.28 bits per heavy atom. The van der Waals surface area contributed by atoms with Crippen molar-refractivity contribution in [3.63, 3.8) is 0 Å². The maximum atomic E-state index is 13.4. The van der Waals surface area contributed by atoms with Crippen LogP contribution in [0.2, 0.25) is 0 Å². The van der Waals surface area contributed by atoms with Crippen molar-refractivity contribution in [1.82, 2.24) is 9.97 Å². The first-order valence-corrected chi connectivity index (χ1v) is 9.00. The van der Waals surface area contributed by atoms with Crippen LogP contribution in [0.3, 0.4) is 0 Å². The van der Waals surface area contributed by atoms with Crippen molar-refractivity contribution in [3.8, 4) is 0 Å². The lowest BCUT2D eigenvalue weighted by Gasteiger charge is -2.13. The second kappa shape index (κ2) is 7.35. The van der Waals surface area contributed by atoms with Crippen LogP contribution in [0.5, 0.6) is 0 Å². The molecule has 132 valence electrons. The van der Waals surface area contributed by atoms with Crippen molar-refractivity contribution < 1.29 is 8.78 Å². The fraction of sp³-hybridized carbons (Fsp3) is 0.353. The fourth-order valence-corrected chi connectivity index (χ4v) is 3.29. The summed E-state index contributed by atoms with van der Waals surface area (Å²) in [7, 11) is 1.75. The number of benzene rings is 1. The number of nitrogens with zero attached hydrogens (tertiary/aromatic N) is 2. The monoisotopic (exact) mass is 363 g/mol. The van der Waals surface area contributed by atoms with E-state index in [0.29, 0.717) is 22.4 Å². The molecule has 25 heavy (non-hydrogen) atoms. The molecule has 0 radical (unpaired) electrons. The van der Waals surface area contributed by atoms with Gasteiger partial charge in [0.25, 0.3) is 0 Å². The van der Waals surface area contributed by atoms with Crippen molar-refractivity contribution in [2.45, 2.75) is 30.5 Å². The summed E-state index contributed by atoms with van der Waals surface area (Å²) in [5, 5.41) is 14.6. The van der Waals surface area contributed by atoms with Gasteiger partial charge in [-0.15, -0.1) is 0 Å². The Balaban J connectivity index is 1.82. The summed E-state index contributed by atoms with van der Waals surface area (Å²) in [6.07, 6.45) is 2.02. The molecule has 1 saturated carbocycles. The molecule has 1 aromatic carbocycles. The maximum absolute atomic E-state index is 13.4. The van der Waals surface area contributed by atoms with Gasteiger partial charge in [-0.3, -0.25) is 0 Å². The van der Waals surface area contributed by atoms with Crippen LogP contribution in [0.15, 0.2) is 23.4 Å². The zero-order valence-electron chi connectivity index (χ0n) is 13.9. The van der Waals surface area contributed by atoms with E-state index in [1.54, 1.807) is 13.1 Å². The van der Waals surface area contributed by atoms with E-state index < -0.39 is 11.6 Å². The van der Waals surface area contributed by atoms with E-state index >= 15 is 0 Å². The van der Waals surface area contributed by atoms with E-state index in [9.17, 15) is 8.78 Å². The van der Waals surface area contributed by atoms with Crippen LogP contribution in [0.1, 0.15) is 30.4 Å². The van der Waals surface area contributed by atoms with Crippen LogP contribution in [0.25, 0.3) is 0 Å². The van der Waals surface area contributed by atoms with Crippen molar-refractivity contribution in [1.29, 1.82) is 5.41 Å². The first-order valence-electron chi connectivity index (χ1n) is 8.01. The van der Waals surface area contributed by atoms with Gasteiger partial charge in [-0.05, 0) is 29.9 Å². The van der Waals surface area contributed by atoms with E-state index in [0.717, 1.165) is 23.8 Å². The predicted octanol–water partition coefficient (Wildman–Crippen LogP) is 3.87. The first-order chi connectivity index (χ1) is 12.1. The summed E-state index contributed by atoms with van der Waals surface area (Å²) in [4.78, 5) is 8.89. The van der Waals surface area contributed by atoms with E-state index in [-0.39, 0.29) is 12.0 Å². The Bertz CT molecular complexity index is 799. The summed E-state index contributed by atoms with van der Waals surface area (Å²) in [5.41, 5.74) is 1.35. The molecule has 1 aliphatic rings. The second-order valence-electron chi connectivity index (χ2n) is 5.71. The molecule has 1 fully saturated rings. The van der Waals surface area contributed by atoms with Crippen LogP contribution in [-0.2, 0) is 0 Å². The zero-order valence-corrected chi connectivity index (χ0v) is 14.8. The molecule has 0 spiro atoms. The highest BCUT2D eigenvalue weighted by molar-refractivity contribution is 7.99. The van der Waals surface area contributed by atoms with Crippen molar-refractivity contribution in [3.05, 3.63) is 41.0 Å². The van der Waals surface area contributed by atoms with Gasteiger partial charge in [0.15, 0.2) is 16.8 Å². The molecule has 1 unspecified atom stereocenters. The molecule has 1 aromatic heterocycles. The van der Waals surface area contributed by atoms with Crippen LogP contribution in [0, 0.1) is 17.0 Å². The van der Waals surface area contributed by atoms with Gasteiger partial charge >= 0.3 is 0 Å². The van der Waals surface area contributed by atoms with E-state index in [1.165, 1.54) is 24.0 Å². The minimum absolute atomic E-state index is 0.0719. The number of aromatic nitrogens is 2. The molecule has 8 heteroatoms. The van der Waals surface area contributed by atoms with Gasteiger partial charge < -0.3 is 16.0 Å². The van der Waals surface area contributed by atoms with Gasteiger partial charge in [0, 0.05) is 25.2 Å². The molecule has 0 aliphatic heterocycles. The van der Waals surface area contributed by atoms with Gasteiger partial charge in [-0.25, -0.2) is 18.7 Å². The lowest BCUT2D eigenvalue weighted by Crippen LogP contribution is -2.12. The molecule has 3 rings (SSSR count). The summed E-state index contributed by atoms with van der Waals surface area (Å²) >= 11 is 1.52. The molecule has 1 heterocycles. The minimum atomic E-state index is -0.837. The highest BCUT2D eigenvalue weighted by Crippen LogP contribution is 2.43. The normalized spacial score (nSPS) is 18.7. The average molecular weight is 363 g/mol. The quantitative estimate of drug-likeness (QED) is 0.396. The number of thioether (sulfide) groups is 1. The topological polar surface area (TPSA) is 73.7 Å². The molecular weight excluding hydrogens is 344 g/mol. The van der Waals surface area contributed by atoms with Gasteiger partial charge in [-0.1, -0.05) is 24.8 Å². The summed E-state index contributed by atoms with van der Waals surface area (Å²) < 4.78 is 26.5. The molecule has 2 aromatic rings. The van der Waals surface area contributed by atoms with E-state index in [4.69, 9.17) is 5.41 Å². The largest absolute Gasteiger partial charge is 0.372 e. The lowest BCUT2D eigenvalue weighted by atomic mass is 10.1. The highest BCUT2D eigenvalue weighted by atomic mass is 32.2. The van der Waals surface area contributed by atoms with Crippen LogP contribution < -0.4 is 10.6 Å². The standard InChI is InChI=1S/C17H19F2N5S/c1-3-25-17-23-15(21-2)11(8-20)16(24-17)22-14-7-10(14)9-4-5-12(18)13(19)6-9/h4-6,8,10,14,20H,3,7H2,1-2H3,(H2,21,22,23,24)/t10?,14-/m1/s1. The first kappa shape index (κ1) is 17.6. The van der Waals surface area contributed by atoms with Gasteiger partial charge in [-0.2, -0.15) is 0 Å². The third-order valence-corrected chi connectivity index (χ3v) is 4.79. The lowest BCUT2D eigenvalue weighted by molar-refractivity contribution is 0.507. The molecule has 1 aliphatic carbocycles. The van der Waals surface area contributed by atoms with Crippen molar-refractivity contribution >= 4 is 29.6 Å². The van der Waals surface area contributed by atoms with E-state index in [2.05, 4.69) is 20.6 Å². The molecule has 5 nitrogen and oxygen atoms in total. The maximum Gasteiger partial charge on any atom is 0.191 e. The van der Waals surface area contributed by atoms with Crippen LogP contribution >= 0.6 is 11.8 Å². The fourth-order valence-electron chi connectivity index (χ4n) is 2.72. The predicted molar refractivity (Wildman–Crippen MR) is 97.0 cm³/mol. The smallest absolute Gasteiger partial charge is 0.191 e. The van der Waals surface area contributed by atoms with Crippen LogP contribution in [0.4, 0.5) is 20.4 Å². The zero-order chi connectivity index (χ0) is 18.0. The molecule has 0 saturated heterocycles. The Morgan fingerprint density at radius 2 is 2.04 bits per heavy atom. The van der Waals surface area contributed by atoms with E-state index in [1.807, 2.05) is 6.92 Å². The molecule has 0 bridgehead atoms. The molecular formula is C17H19F2N5S. The van der Waals surface area contributed by atoms with Crippen molar-refractivity contribution in [2.24, 2.45) is 0 Å². The third kappa shape index (κ3) is 3.73. The SMILES string of the molecule is CCSc1nc(NC)c(C=N)c(N[C@@H]2CC2c2ccc(F)c(F)c2)n1. The van der Waals surface area contributed by atoms with Crippen molar-refractivity contribution in [2.75, 3.05) is 23.4 Å². The number of halogens is 2. The number of hydrogen-bond donors (Lipinski definition) is 3. The van der Waals surface area contributed by atoms with Gasteiger partial charge in [0.2, 0.25) is 0 Å². The minimum Gasteiger partial charge on any atom is -0.372 e. The Morgan fingerprint density at radius 3 is 2.68 bits per heavy atom. The molecule has 3 N–H and O–H groups in total.